The van der Waals surface area contributed by atoms with Gasteiger partial charge in [0.1, 0.15) is 0 Å². The molecule has 1 fully saturated rings. The number of hydrogen-bond donors (Lipinski definition) is 1. The third kappa shape index (κ3) is 2.22. The van der Waals surface area contributed by atoms with Gasteiger partial charge in [-0.25, -0.2) is 4.98 Å². The van der Waals surface area contributed by atoms with Crippen molar-refractivity contribution < 1.29 is 5.11 Å². The van der Waals surface area contributed by atoms with Crippen molar-refractivity contribution in [3.05, 3.63) is 23.5 Å². The molecule has 92 valence electrons. The second kappa shape index (κ2) is 4.76. The lowest BCUT2D eigenvalue weighted by atomic mass is 9.91. The quantitative estimate of drug-likeness (QED) is 0.880. The molecule has 0 bridgehead atoms. The van der Waals surface area contributed by atoms with E-state index in [0.717, 1.165) is 23.7 Å². The maximum Gasteiger partial charge on any atom is 0.193 e. The molecule has 1 N–H and O–H groups in total. The molecule has 2 aromatic heterocycles. The highest BCUT2D eigenvalue weighted by molar-refractivity contribution is 7.15. The minimum Gasteiger partial charge on any atom is -0.395 e. The smallest absolute Gasteiger partial charge is 0.193 e. The highest BCUT2D eigenvalue weighted by Gasteiger charge is 2.25. The normalized spacial score (nSPS) is 16.8. The van der Waals surface area contributed by atoms with Crippen LogP contribution in [0.2, 0.25) is 0 Å². The van der Waals surface area contributed by atoms with Crippen molar-refractivity contribution in [2.75, 3.05) is 13.2 Å². The molecule has 1 aliphatic carbocycles. The van der Waals surface area contributed by atoms with Crippen LogP contribution in [0.3, 0.4) is 0 Å². The summed E-state index contributed by atoms with van der Waals surface area (Å²) in [5.41, 5.74) is 1.11. The fourth-order valence-electron chi connectivity index (χ4n) is 2.33. The maximum absolute atomic E-state index is 9.12. The predicted molar refractivity (Wildman–Crippen MR) is 68.2 cm³/mol. The van der Waals surface area contributed by atoms with Gasteiger partial charge in [0.25, 0.3) is 0 Å². The minimum atomic E-state index is 0.235. The first-order valence-corrected chi connectivity index (χ1v) is 7.01. The van der Waals surface area contributed by atoms with Crippen molar-refractivity contribution in [1.29, 1.82) is 0 Å². The van der Waals surface area contributed by atoms with Crippen molar-refractivity contribution >= 4 is 16.3 Å². The number of nitrogens with zero attached hydrogens (tertiary/aromatic N) is 3. The molecule has 5 heteroatoms. The van der Waals surface area contributed by atoms with Crippen LogP contribution in [0.15, 0.2) is 17.8 Å². The summed E-state index contributed by atoms with van der Waals surface area (Å²) in [7, 11) is 0. The van der Waals surface area contributed by atoms with Gasteiger partial charge >= 0.3 is 0 Å². The van der Waals surface area contributed by atoms with Gasteiger partial charge in [0.15, 0.2) is 4.96 Å². The molecule has 17 heavy (non-hydrogen) atoms. The molecule has 1 aliphatic rings. The fourth-order valence-corrected chi connectivity index (χ4v) is 3.05. The Kier molecular flexibility index (Phi) is 3.13. The second-order valence-electron chi connectivity index (χ2n) is 4.60. The average molecular weight is 251 g/mol. The van der Waals surface area contributed by atoms with E-state index in [-0.39, 0.29) is 6.61 Å². The van der Waals surface area contributed by atoms with Crippen LogP contribution in [0.5, 0.6) is 0 Å². The third-order valence-electron chi connectivity index (χ3n) is 3.49. The van der Waals surface area contributed by atoms with Crippen LogP contribution < -0.4 is 0 Å². The Morgan fingerprint density at radius 2 is 2.41 bits per heavy atom. The first kappa shape index (κ1) is 11.2. The van der Waals surface area contributed by atoms with E-state index in [1.165, 1.54) is 19.3 Å². The first-order chi connectivity index (χ1) is 8.36. The van der Waals surface area contributed by atoms with Gasteiger partial charge in [-0.15, -0.1) is 11.3 Å². The van der Waals surface area contributed by atoms with E-state index in [0.29, 0.717) is 6.04 Å². The standard InChI is InChI=1S/C12H17N3OS/c16-6-4-14(11-2-1-3-11)8-10-9-15-5-7-17-12(15)13-10/h5,7,9,11,16H,1-4,6,8H2. The zero-order valence-electron chi connectivity index (χ0n) is 9.75. The first-order valence-electron chi connectivity index (χ1n) is 6.13. The number of thiazole rings is 1. The zero-order chi connectivity index (χ0) is 11.7. The summed E-state index contributed by atoms with van der Waals surface area (Å²) >= 11 is 1.66. The fraction of sp³-hybridized carbons (Fsp3) is 0.583. The monoisotopic (exact) mass is 251 g/mol. The molecule has 0 spiro atoms. The number of imidazole rings is 1. The van der Waals surface area contributed by atoms with Crippen LogP contribution in [-0.2, 0) is 6.54 Å². The summed E-state index contributed by atoms with van der Waals surface area (Å²) in [6.45, 7) is 1.86. The molecule has 2 heterocycles. The molecule has 1 saturated carbocycles. The topological polar surface area (TPSA) is 40.8 Å². The van der Waals surface area contributed by atoms with Gasteiger partial charge in [-0.1, -0.05) is 6.42 Å². The second-order valence-corrected chi connectivity index (χ2v) is 5.48. The number of aliphatic hydroxyl groups is 1. The Balaban J connectivity index is 1.72. The summed E-state index contributed by atoms with van der Waals surface area (Å²) in [5.74, 6) is 0. The Morgan fingerprint density at radius 1 is 1.53 bits per heavy atom. The summed E-state index contributed by atoms with van der Waals surface area (Å²) in [5, 5.41) is 11.2. The van der Waals surface area contributed by atoms with Crippen LogP contribution in [0.25, 0.3) is 4.96 Å². The molecule has 0 saturated heterocycles. The van der Waals surface area contributed by atoms with Crippen molar-refractivity contribution in [3.63, 3.8) is 0 Å². The molecular weight excluding hydrogens is 234 g/mol. The lowest BCUT2D eigenvalue weighted by Crippen LogP contribution is -2.41. The maximum atomic E-state index is 9.12. The SMILES string of the molecule is OCCN(Cc1cn2ccsc2n1)C1CCC1. The minimum absolute atomic E-state index is 0.235. The summed E-state index contributed by atoms with van der Waals surface area (Å²) < 4.78 is 2.07. The van der Waals surface area contributed by atoms with Crippen LogP contribution in [0.1, 0.15) is 25.0 Å². The highest BCUT2D eigenvalue weighted by Crippen LogP contribution is 2.26. The molecule has 3 rings (SSSR count). The highest BCUT2D eigenvalue weighted by atomic mass is 32.1. The van der Waals surface area contributed by atoms with Gasteiger partial charge in [0.05, 0.1) is 12.3 Å². The Hall–Kier alpha value is -0.910. The van der Waals surface area contributed by atoms with Gasteiger partial charge < -0.3 is 5.11 Å². The molecule has 0 aromatic carbocycles. The van der Waals surface area contributed by atoms with Crippen molar-refractivity contribution in [1.82, 2.24) is 14.3 Å². The number of aliphatic hydroxyl groups excluding tert-OH is 1. The molecule has 0 atom stereocenters. The van der Waals surface area contributed by atoms with E-state index < -0.39 is 0 Å². The van der Waals surface area contributed by atoms with Gasteiger partial charge in [0, 0.05) is 36.9 Å². The number of aromatic nitrogens is 2. The van der Waals surface area contributed by atoms with E-state index in [9.17, 15) is 0 Å². The van der Waals surface area contributed by atoms with E-state index in [1.54, 1.807) is 11.3 Å². The van der Waals surface area contributed by atoms with Crippen LogP contribution in [0, 0.1) is 0 Å². The Labute approximate surface area is 105 Å². The van der Waals surface area contributed by atoms with Gasteiger partial charge in [0.2, 0.25) is 0 Å². The Bertz CT molecular complexity index is 460. The predicted octanol–water partition coefficient (Wildman–Crippen LogP) is 1.74. The van der Waals surface area contributed by atoms with Crippen LogP contribution in [0.4, 0.5) is 0 Å². The lowest BCUT2D eigenvalue weighted by Gasteiger charge is -2.36. The molecule has 0 unspecified atom stereocenters. The van der Waals surface area contributed by atoms with Crippen molar-refractivity contribution in [2.24, 2.45) is 0 Å². The van der Waals surface area contributed by atoms with Gasteiger partial charge in [-0.05, 0) is 12.8 Å². The van der Waals surface area contributed by atoms with Crippen molar-refractivity contribution in [2.45, 2.75) is 31.8 Å². The van der Waals surface area contributed by atoms with E-state index in [4.69, 9.17) is 5.11 Å². The van der Waals surface area contributed by atoms with E-state index >= 15 is 0 Å². The van der Waals surface area contributed by atoms with Gasteiger partial charge in [-0.3, -0.25) is 9.30 Å². The van der Waals surface area contributed by atoms with Crippen LogP contribution in [-0.4, -0.2) is 38.6 Å². The Morgan fingerprint density at radius 3 is 3.06 bits per heavy atom. The molecule has 0 aliphatic heterocycles. The van der Waals surface area contributed by atoms with Crippen LogP contribution >= 0.6 is 11.3 Å². The van der Waals surface area contributed by atoms with E-state index in [2.05, 4.69) is 20.5 Å². The summed E-state index contributed by atoms with van der Waals surface area (Å²) in [6.07, 6.45) is 7.99. The van der Waals surface area contributed by atoms with E-state index in [1.807, 2.05) is 11.6 Å². The molecule has 0 radical (unpaired) electrons. The average Bonchev–Trinajstić information content (AvgIpc) is 2.75. The summed E-state index contributed by atoms with van der Waals surface area (Å²) in [4.78, 5) is 8.00. The molecule has 4 nitrogen and oxygen atoms in total. The third-order valence-corrected chi connectivity index (χ3v) is 4.26. The molecular formula is C12H17N3OS. The number of hydrogen-bond acceptors (Lipinski definition) is 4. The number of fused-ring (bicyclic) bond motifs is 1. The van der Waals surface area contributed by atoms with Gasteiger partial charge in [-0.2, -0.15) is 0 Å². The molecule has 2 aromatic rings. The number of rotatable bonds is 5. The molecule has 0 amide bonds. The van der Waals surface area contributed by atoms with Crippen molar-refractivity contribution in [3.8, 4) is 0 Å². The largest absolute Gasteiger partial charge is 0.395 e. The summed E-state index contributed by atoms with van der Waals surface area (Å²) in [6, 6.07) is 0.655. The zero-order valence-corrected chi connectivity index (χ0v) is 10.6. The lowest BCUT2D eigenvalue weighted by molar-refractivity contribution is 0.0935.